The number of aromatic nitrogens is 3. The van der Waals surface area contributed by atoms with Crippen molar-refractivity contribution in [1.82, 2.24) is 19.5 Å². The van der Waals surface area contributed by atoms with Crippen LogP contribution in [-0.2, 0) is 0 Å². The molecule has 4 rings (SSSR count). The zero-order valence-electron chi connectivity index (χ0n) is 13.9. The molecular weight excluding hydrogens is 298 g/mol. The maximum Gasteiger partial charge on any atom is 0.163 e. The van der Waals surface area contributed by atoms with Crippen molar-refractivity contribution in [1.29, 1.82) is 0 Å². The van der Waals surface area contributed by atoms with Crippen LogP contribution in [0.4, 0.5) is 5.69 Å². The van der Waals surface area contributed by atoms with E-state index in [1.54, 1.807) is 10.6 Å². The third kappa shape index (κ3) is 2.67. The van der Waals surface area contributed by atoms with Gasteiger partial charge < -0.3 is 9.80 Å². The van der Waals surface area contributed by atoms with Gasteiger partial charge in [0.1, 0.15) is 0 Å². The van der Waals surface area contributed by atoms with Crippen molar-refractivity contribution in [2.45, 2.75) is 0 Å². The molecule has 3 aromatic rings. The number of benzene rings is 1. The topological polar surface area (TPSA) is 36.7 Å². The van der Waals surface area contributed by atoms with Crippen LogP contribution in [0, 0.1) is 0 Å². The van der Waals surface area contributed by atoms with E-state index < -0.39 is 0 Å². The summed E-state index contributed by atoms with van der Waals surface area (Å²) in [5, 5.41) is 4.39. The van der Waals surface area contributed by atoms with Crippen LogP contribution in [0.1, 0.15) is 5.69 Å². The minimum absolute atomic E-state index is 0.860. The van der Waals surface area contributed by atoms with Gasteiger partial charge in [0.15, 0.2) is 5.65 Å². The molecule has 1 fully saturated rings. The Morgan fingerprint density at radius 2 is 1.79 bits per heavy atom. The molecular formula is C19H21N5. The summed E-state index contributed by atoms with van der Waals surface area (Å²) in [4.78, 5) is 9.42. The van der Waals surface area contributed by atoms with Gasteiger partial charge in [-0.1, -0.05) is 18.7 Å². The average molecular weight is 319 g/mol. The summed E-state index contributed by atoms with van der Waals surface area (Å²) in [6.45, 7) is 8.18. The molecule has 3 heterocycles. The normalized spacial score (nSPS) is 15.8. The number of fused-ring (bicyclic) bond motifs is 1. The highest BCUT2D eigenvalue weighted by Gasteiger charge is 2.15. The fraction of sp³-hybridized carbons (Fsp3) is 0.263. The lowest BCUT2D eigenvalue weighted by Crippen LogP contribution is -2.44. The van der Waals surface area contributed by atoms with Crippen LogP contribution in [0.3, 0.4) is 0 Å². The largest absolute Gasteiger partial charge is 0.369 e. The van der Waals surface area contributed by atoms with Crippen molar-refractivity contribution >= 4 is 17.4 Å². The molecule has 122 valence electrons. The molecule has 5 heteroatoms. The second kappa shape index (κ2) is 6.09. The number of nitrogens with zero attached hydrogens (tertiary/aromatic N) is 5. The van der Waals surface area contributed by atoms with Gasteiger partial charge in [-0.25, -0.2) is 9.50 Å². The molecule has 1 aromatic carbocycles. The smallest absolute Gasteiger partial charge is 0.163 e. The lowest BCUT2D eigenvalue weighted by molar-refractivity contribution is 0.313. The van der Waals surface area contributed by atoms with Gasteiger partial charge in [0.2, 0.25) is 0 Å². The van der Waals surface area contributed by atoms with E-state index >= 15 is 0 Å². The Morgan fingerprint density at radius 1 is 1.04 bits per heavy atom. The highest BCUT2D eigenvalue weighted by atomic mass is 15.2. The zero-order chi connectivity index (χ0) is 16.5. The second-order valence-corrected chi connectivity index (χ2v) is 6.22. The second-order valence-electron chi connectivity index (χ2n) is 6.22. The SMILES string of the molecule is C=Cc1ccn2ncc(-c3ccc(N4CCN(C)CC4)cc3)c2n1. The number of anilines is 1. The van der Waals surface area contributed by atoms with Gasteiger partial charge >= 0.3 is 0 Å². The third-order valence-electron chi connectivity index (χ3n) is 4.65. The molecule has 0 spiro atoms. The van der Waals surface area contributed by atoms with Gasteiger partial charge in [-0.2, -0.15) is 5.10 Å². The van der Waals surface area contributed by atoms with Gasteiger partial charge in [0, 0.05) is 43.6 Å². The Morgan fingerprint density at radius 3 is 2.50 bits per heavy atom. The lowest BCUT2D eigenvalue weighted by atomic mass is 10.1. The van der Waals surface area contributed by atoms with Crippen molar-refractivity contribution in [3.8, 4) is 11.1 Å². The number of hydrogen-bond acceptors (Lipinski definition) is 4. The first-order valence-corrected chi connectivity index (χ1v) is 8.25. The number of hydrogen-bond donors (Lipinski definition) is 0. The fourth-order valence-electron chi connectivity index (χ4n) is 3.12. The van der Waals surface area contributed by atoms with Crippen molar-refractivity contribution in [2.24, 2.45) is 0 Å². The van der Waals surface area contributed by atoms with Gasteiger partial charge in [0.25, 0.3) is 0 Å². The molecule has 24 heavy (non-hydrogen) atoms. The van der Waals surface area contributed by atoms with Crippen LogP contribution in [0.25, 0.3) is 22.9 Å². The molecule has 0 saturated carbocycles. The van der Waals surface area contributed by atoms with Gasteiger partial charge in [0.05, 0.1) is 11.9 Å². The summed E-state index contributed by atoms with van der Waals surface area (Å²) < 4.78 is 1.80. The number of rotatable bonds is 3. The zero-order valence-corrected chi connectivity index (χ0v) is 13.9. The van der Waals surface area contributed by atoms with Crippen molar-refractivity contribution in [2.75, 3.05) is 38.1 Å². The summed E-state index contributed by atoms with van der Waals surface area (Å²) in [5.41, 5.74) is 5.18. The summed E-state index contributed by atoms with van der Waals surface area (Å²) in [6, 6.07) is 10.6. The third-order valence-corrected chi connectivity index (χ3v) is 4.65. The molecule has 0 unspecified atom stereocenters. The van der Waals surface area contributed by atoms with Gasteiger partial charge in [-0.3, -0.25) is 0 Å². The van der Waals surface area contributed by atoms with Crippen LogP contribution in [-0.4, -0.2) is 52.7 Å². The molecule has 1 aliphatic heterocycles. The highest BCUT2D eigenvalue weighted by Crippen LogP contribution is 2.26. The summed E-state index contributed by atoms with van der Waals surface area (Å²) in [5.74, 6) is 0. The van der Waals surface area contributed by atoms with E-state index in [1.165, 1.54) is 5.69 Å². The first-order chi connectivity index (χ1) is 11.7. The minimum atomic E-state index is 0.860. The van der Waals surface area contributed by atoms with Crippen LogP contribution in [0.15, 0.2) is 49.3 Å². The predicted octanol–water partition coefficient (Wildman–Crippen LogP) is 2.79. The Hall–Kier alpha value is -2.66. The van der Waals surface area contributed by atoms with E-state index in [1.807, 2.05) is 18.5 Å². The van der Waals surface area contributed by atoms with E-state index in [9.17, 15) is 0 Å². The molecule has 0 N–H and O–H groups in total. The van der Waals surface area contributed by atoms with E-state index in [0.717, 1.165) is 48.6 Å². The molecule has 5 nitrogen and oxygen atoms in total. The standard InChI is InChI=1S/C19H21N5/c1-3-16-8-9-24-19(21-16)18(14-20-24)15-4-6-17(7-5-15)23-12-10-22(2)11-13-23/h3-9,14H,1,10-13H2,2H3. The van der Waals surface area contributed by atoms with Crippen LogP contribution in [0.5, 0.6) is 0 Å². The Balaban J connectivity index is 1.64. The van der Waals surface area contributed by atoms with E-state index in [0.29, 0.717) is 0 Å². The molecule has 0 bridgehead atoms. The Kier molecular flexibility index (Phi) is 3.78. The first-order valence-electron chi connectivity index (χ1n) is 8.25. The summed E-state index contributed by atoms with van der Waals surface area (Å²) in [6.07, 6.45) is 5.55. The molecule has 0 atom stereocenters. The minimum Gasteiger partial charge on any atom is -0.369 e. The molecule has 1 saturated heterocycles. The molecule has 2 aromatic heterocycles. The summed E-state index contributed by atoms with van der Waals surface area (Å²) in [7, 11) is 2.18. The molecule has 0 amide bonds. The molecule has 0 aliphatic carbocycles. The van der Waals surface area contributed by atoms with Crippen LogP contribution >= 0.6 is 0 Å². The van der Waals surface area contributed by atoms with E-state index in [2.05, 4.69) is 57.8 Å². The Labute approximate surface area is 141 Å². The number of piperazine rings is 1. The van der Waals surface area contributed by atoms with Crippen molar-refractivity contribution in [3.05, 3.63) is 55.0 Å². The van der Waals surface area contributed by atoms with Crippen LogP contribution in [0.2, 0.25) is 0 Å². The van der Waals surface area contributed by atoms with Crippen molar-refractivity contribution < 1.29 is 0 Å². The van der Waals surface area contributed by atoms with Crippen molar-refractivity contribution in [3.63, 3.8) is 0 Å². The highest BCUT2D eigenvalue weighted by molar-refractivity contribution is 5.78. The van der Waals surface area contributed by atoms with E-state index in [-0.39, 0.29) is 0 Å². The maximum absolute atomic E-state index is 4.62. The number of likely N-dealkylation sites (N-methyl/N-ethyl adjacent to an activating group) is 1. The average Bonchev–Trinajstić information content (AvgIpc) is 3.05. The molecule has 1 aliphatic rings. The van der Waals surface area contributed by atoms with E-state index in [4.69, 9.17) is 0 Å². The fourth-order valence-corrected chi connectivity index (χ4v) is 3.12. The van der Waals surface area contributed by atoms with Crippen LogP contribution < -0.4 is 4.90 Å². The monoisotopic (exact) mass is 319 g/mol. The molecule has 0 radical (unpaired) electrons. The predicted molar refractivity (Wildman–Crippen MR) is 98.2 cm³/mol. The first kappa shape index (κ1) is 14.9. The quantitative estimate of drug-likeness (QED) is 0.744. The van der Waals surface area contributed by atoms with Gasteiger partial charge in [-0.05, 0) is 36.9 Å². The maximum atomic E-state index is 4.62. The summed E-state index contributed by atoms with van der Waals surface area (Å²) >= 11 is 0. The Bertz CT molecular complexity index is 857. The lowest BCUT2D eigenvalue weighted by Gasteiger charge is -2.34. The van der Waals surface area contributed by atoms with Gasteiger partial charge in [-0.15, -0.1) is 0 Å².